The number of hydrogen-bond donors (Lipinski definition) is 0. The summed E-state index contributed by atoms with van der Waals surface area (Å²) in [6.07, 6.45) is 11.7. The molecule has 0 N–H and O–H groups in total. The third-order valence-corrected chi connectivity index (χ3v) is 6.02. The van der Waals surface area contributed by atoms with Crippen molar-refractivity contribution < 1.29 is 4.79 Å². The molecule has 25 heavy (non-hydrogen) atoms. The summed E-state index contributed by atoms with van der Waals surface area (Å²) in [6.45, 7) is 12.4. The van der Waals surface area contributed by atoms with Crippen LogP contribution >= 0.6 is 0 Å². The number of nitrogens with zero attached hydrogens (tertiary/aromatic N) is 3. The third-order valence-electron chi connectivity index (χ3n) is 6.02. The van der Waals surface area contributed by atoms with Crippen molar-refractivity contribution in [2.75, 3.05) is 46.3 Å². The van der Waals surface area contributed by atoms with Crippen LogP contribution < -0.4 is 0 Å². The Hall–Kier alpha value is -0.870. The minimum absolute atomic E-state index is 0.100. The summed E-state index contributed by atoms with van der Waals surface area (Å²) in [7, 11) is 1.97. The molecule has 2 fully saturated rings. The Balaban J connectivity index is 1.99. The second-order valence-corrected chi connectivity index (χ2v) is 7.91. The lowest BCUT2D eigenvalue weighted by Crippen LogP contribution is -2.58. The molecule has 0 aromatic carbocycles. The van der Waals surface area contributed by atoms with Crippen LogP contribution in [0.3, 0.4) is 0 Å². The van der Waals surface area contributed by atoms with Crippen molar-refractivity contribution in [3.05, 3.63) is 12.7 Å². The fraction of sp³-hybridized carbons (Fsp3) is 0.857. The van der Waals surface area contributed by atoms with Crippen molar-refractivity contribution in [3.63, 3.8) is 0 Å². The minimum atomic E-state index is 0.100. The Kier molecular flexibility index (Phi) is 8.97. The van der Waals surface area contributed by atoms with Crippen LogP contribution in [0.4, 0.5) is 0 Å². The number of likely N-dealkylation sites (N-methyl/N-ethyl adjacent to an activating group) is 1. The first-order valence-corrected chi connectivity index (χ1v) is 10.5. The van der Waals surface area contributed by atoms with Crippen LogP contribution in [0, 0.1) is 5.92 Å². The lowest BCUT2D eigenvalue weighted by Gasteiger charge is -2.43. The summed E-state index contributed by atoms with van der Waals surface area (Å²) >= 11 is 0. The fourth-order valence-corrected chi connectivity index (χ4v) is 4.37. The van der Waals surface area contributed by atoms with Gasteiger partial charge in [0.05, 0.1) is 6.04 Å². The topological polar surface area (TPSA) is 26.8 Å². The van der Waals surface area contributed by atoms with Crippen LogP contribution in [0.2, 0.25) is 0 Å². The van der Waals surface area contributed by atoms with E-state index in [4.69, 9.17) is 0 Å². The number of hydrogen-bond acceptors (Lipinski definition) is 3. The van der Waals surface area contributed by atoms with Crippen LogP contribution in [0.5, 0.6) is 0 Å². The molecular formula is C21H39N3O. The number of amides is 1. The molecule has 1 aliphatic heterocycles. The Labute approximate surface area is 155 Å². The first-order valence-electron chi connectivity index (χ1n) is 10.5. The van der Waals surface area contributed by atoms with E-state index in [2.05, 4.69) is 23.3 Å². The molecule has 1 aliphatic carbocycles. The maximum Gasteiger partial charge on any atom is 0.239 e. The predicted molar refractivity (Wildman–Crippen MR) is 106 cm³/mol. The van der Waals surface area contributed by atoms with Gasteiger partial charge in [0.25, 0.3) is 0 Å². The summed E-state index contributed by atoms with van der Waals surface area (Å²) < 4.78 is 0. The largest absolute Gasteiger partial charge is 0.344 e. The first-order chi connectivity index (χ1) is 12.2. The van der Waals surface area contributed by atoms with Gasteiger partial charge in [0, 0.05) is 39.8 Å². The molecule has 0 spiro atoms. The highest BCUT2D eigenvalue weighted by molar-refractivity contribution is 5.82. The molecule has 0 radical (unpaired) electrons. The van der Waals surface area contributed by atoms with Gasteiger partial charge in [-0.3, -0.25) is 9.69 Å². The van der Waals surface area contributed by atoms with Gasteiger partial charge in [-0.1, -0.05) is 38.7 Å². The molecule has 1 unspecified atom stereocenters. The van der Waals surface area contributed by atoms with Gasteiger partial charge in [-0.15, -0.1) is 6.58 Å². The van der Waals surface area contributed by atoms with Crippen LogP contribution in [0.1, 0.15) is 58.3 Å². The lowest BCUT2D eigenvalue weighted by atomic mass is 9.82. The molecule has 0 bridgehead atoms. The number of rotatable bonds is 9. The van der Waals surface area contributed by atoms with Crippen LogP contribution in [0.25, 0.3) is 0 Å². The molecule has 2 rings (SSSR count). The van der Waals surface area contributed by atoms with Crippen molar-refractivity contribution in [1.29, 1.82) is 0 Å². The van der Waals surface area contributed by atoms with E-state index in [1.165, 1.54) is 51.5 Å². The van der Waals surface area contributed by atoms with Crippen molar-refractivity contribution in [2.24, 2.45) is 5.92 Å². The predicted octanol–water partition coefficient (Wildman–Crippen LogP) is 3.39. The smallest absolute Gasteiger partial charge is 0.239 e. The SMILES string of the molecule is C=CCCN(C)C(=O)C(C1CCCCC1)N1CCN(CCCC)CC1. The Bertz CT molecular complexity index is 398. The van der Waals surface area contributed by atoms with E-state index in [1.54, 1.807) is 0 Å². The highest BCUT2D eigenvalue weighted by Crippen LogP contribution is 2.30. The van der Waals surface area contributed by atoms with Gasteiger partial charge in [0.1, 0.15) is 0 Å². The van der Waals surface area contributed by atoms with E-state index in [0.29, 0.717) is 11.8 Å². The average Bonchev–Trinajstić information content (AvgIpc) is 2.66. The maximum atomic E-state index is 13.2. The summed E-state index contributed by atoms with van der Waals surface area (Å²) in [6, 6.07) is 0.100. The van der Waals surface area contributed by atoms with Gasteiger partial charge >= 0.3 is 0 Å². The molecule has 1 saturated heterocycles. The van der Waals surface area contributed by atoms with E-state index < -0.39 is 0 Å². The highest BCUT2D eigenvalue weighted by atomic mass is 16.2. The molecular weight excluding hydrogens is 310 g/mol. The normalized spacial score (nSPS) is 21.8. The number of piperazine rings is 1. The summed E-state index contributed by atoms with van der Waals surface area (Å²) in [5, 5.41) is 0. The Morgan fingerprint density at radius 2 is 1.88 bits per heavy atom. The summed E-state index contributed by atoms with van der Waals surface area (Å²) in [5.41, 5.74) is 0. The Morgan fingerprint density at radius 1 is 1.20 bits per heavy atom. The van der Waals surface area contributed by atoms with Gasteiger partial charge in [-0.05, 0) is 38.1 Å². The molecule has 1 amide bonds. The van der Waals surface area contributed by atoms with Crippen LogP contribution in [-0.4, -0.2) is 73.0 Å². The van der Waals surface area contributed by atoms with Crippen molar-refractivity contribution in [2.45, 2.75) is 64.3 Å². The molecule has 2 aliphatic rings. The quantitative estimate of drug-likeness (QED) is 0.597. The lowest BCUT2D eigenvalue weighted by molar-refractivity contribution is -0.139. The second-order valence-electron chi connectivity index (χ2n) is 7.91. The molecule has 1 saturated carbocycles. The Morgan fingerprint density at radius 3 is 2.48 bits per heavy atom. The number of carbonyl (C=O) groups is 1. The maximum absolute atomic E-state index is 13.2. The van der Waals surface area contributed by atoms with Crippen LogP contribution in [0.15, 0.2) is 12.7 Å². The zero-order valence-electron chi connectivity index (χ0n) is 16.6. The van der Waals surface area contributed by atoms with E-state index in [1.807, 2.05) is 18.0 Å². The molecule has 144 valence electrons. The van der Waals surface area contributed by atoms with Gasteiger partial charge in [-0.2, -0.15) is 0 Å². The minimum Gasteiger partial charge on any atom is -0.344 e. The van der Waals surface area contributed by atoms with E-state index in [9.17, 15) is 4.79 Å². The van der Waals surface area contributed by atoms with Gasteiger partial charge in [0.2, 0.25) is 5.91 Å². The fourth-order valence-electron chi connectivity index (χ4n) is 4.37. The van der Waals surface area contributed by atoms with E-state index >= 15 is 0 Å². The molecule has 1 heterocycles. The number of unbranched alkanes of at least 4 members (excludes halogenated alkanes) is 1. The van der Waals surface area contributed by atoms with E-state index in [-0.39, 0.29) is 6.04 Å². The highest BCUT2D eigenvalue weighted by Gasteiger charge is 2.37. The molecule has 4 nitrogen and oxygen atoms in total. The number of carbonyl (C=O) groups excluding carboxylic acids is 1. The van der Waals surface area contributed by atoms with Gasteiger partial charge in [0.15, 0.2) is 0 Å². The monoisotopic (exact) mass is 349 g/mol. The van der Waals surface area contributed by atoms with Crippen molar-refractivity contribution >= 4 is 5.91 Å². The summed E-state index contributed by atoms with van der Waals surface area (Å²) in [5.74, 6) is 0.894. The second kappa shape index (κ2) is 11.0. The molecule has 0 aromatic heterocycles. The van der Waals surface area contributed by atoms with Crippen LogP contribution in [-0.2, 0) is 4.79 Å². The average molecular weight is 350 g/mol. The first kappa shape index (κ1) is 20.4. The van der Waals surface area contributed by atoms with Crippen molar-refractivity contribution in [3.8, 4) is 0 Å². The molecule has 0 aromatic rings. The summed E-state index contributed by atoms with van der Waals surface area (Å²) in [4.78, 5) is 20.3. The van der Waals surface area contributed by atoms with Crippen molar-refractivity contribution in [1.82, 2.24) is 14.7 Å². The molecule has 1 atom stereocenters. The zero-order chi connectivity index (χ0) is 18.1. The zero-order valence-corrected chi connectivity index (χ0v) is 16.6. The third kappa shape index (κ3) is 6.10. The van der Waals surface area contributed by atoms with E-state index in [0.717, 1.165) is 39.1 Å². The van der Waals surface area contributed by atoms with Gasteiger partial charge in [-0.25, -0.2) is 0 Å². The standard InChI is InChI=1S/C21H39N3O/c1-4-6-13-22(3)21(25)20(19-11-9-8-10-12-19)24-17-15-23(16-18-24)14-7-5-2/h4,19-20H,1,5-18H2,2-3H3. The molecule has 4 heteroatoms. The van der Waals surface area contributed by atoms with Gasteiger partial charge < -0.3 is 9.80 Å².